The molecule has 0 saturated carbocycles. The van der Waals surface area contributed by atoms with Crippen molar-refractivity contribution >= 4 is 29.5 Å². The van der Waals surface area contributed by atoms with Gasteiger partial charge in [0, 0.05) is 50.0 Å². The number of aliphatic carboxylic acids is 1. The number of nitrogens with zero attached hydrogens (tertiary/aromatic N) is 4. The van der Waals surface area contributed by atoms with E-state index < -0.39 is 18.1 Å². The van der Waals surface area contributed by atoms with Crippen molar-refractivity contribution in [3.05, 3.63) is 34.8 Å². The molecule has 0 spiro atoms. The van der Waals surface area contributed by atoms with Gasteiger partial charge in [-0.2, -0.15) is 0 Å². The summed E-state index contributed by atoms with van der Waals surface area (Å²) in [5.74, 6) is 2.22. The Morgan fingerprint density at radius 3 is 2.71 bits per heavy atom. The number of piperidine rings is 1. The third-order valence-corrected chi connectivity index (χ3v) is 7.53. The van der Waals surface area contributed by atoms with E-state index in [1.54, 1.807) is 0 Å². The van der Waals surface area contributed by atoms with Crippen molar-refractivity contribution in [3.8, 4) is 0 Å². The van der Waals surface area contributed by atoms with Crippen LogP contribution in [0.15, 0.2) is 12.1 Å². The average Bonchev–Trinajstić information content (AvgIpc) is 2.98. The molecule has 0 bridgehead atoms. The Morgan fingerprint density at radius 1 is 1.15 bits per heavy atom. The highest BCUT2D eigenvalue weighted by molar-refractivity contribution is 5.80. The van der Waals surface area contributed by atoms with Crippen molar-refractivity contribution < 1.29 is 24.2 Å². The molecule has 1 saturated heterocycles. The van der Waals surface area contributed by atoms with Crippen molar-refractivity contribution in [2.45, 2.75) is 71.3 Å². The first-order chi connectivity index (χ1) is 19.9. The van der Waals surface area contributed by atoms with Gasteiger partial charge in [0.2, 0.25) is 0 Å². The van der Waals surface area contributed by atoms with E-state index in [4.69, 9.17) is 19.4 Å². The number of rotatable bonds is 13. The van der Waals surface area contributed by atoms with Gasteiger partial charge in [0.25, 0.3) is 0 Å². The van der Waals surface area contributed by atoms with Crippen LogP contribution >= 0.6 is 0 Å². The summed E-state index contributed by atoms with van der Waals surface area (Å²) in [6, 6.07) is 3.20. The second-order valence-electron chi connectivity index (χ2n) is 10.6. The van der Waals surface area contributed by atoms with Gasteiger partial charge in [-0.05, 0) is 57.6 Å². The maximum atomic E-state index is 12.1. The van der Waals surface area contributed by atoms with E-state index in [2.05, 4.69) is 44.9 Å². The molecular formula is C29H43N7O5. The fourth-order valence-electron chi connectivity index (χ4n) is 5.18. The predicted molar refractivity (Wildman–Crippen MR) is 157 cm³/mol. The second kappa shape index (κ2) is 14.8. The van der Waals surface area contributed by atoms with Crippen molar-refractivity contribution in [2.75, 3.05) is 61.5 Å². The van der Waals surface area contributed by atoms with Gasteiger partial charge in [0.15, 0.2) is 0 Å². The summed E-state index contributed by atoms with van der Waals surface area (Å²) in [7, 11) is 0. The number of carboxylic acids is 1. The van der Waals surface area contributed by atoms with Gasteiger partial charge in [-0.15, -0.1) is 0 Å². The smallest absolute Gasteiger partial charge is 0.407 e. The topological polar surface area (TPSA) is 151 Å². The summed E-state index contributed by atoms with van der Waals surface area (Å²) in [5.41, 5.74) is 3.28. The van der Waals surface area contributed by atoms with E-state index in [9.17, 15) is 14.7 Å². The minimum Gasteiger partial charge on any atom is -0.480 e. The third-order valence-electron chi connectivity index (χ3n) is 7.53. The Balaban J connectivity index is 1.31. The first kappa shape index (κ1) is 30.3. The van der Waals surface area contributed by atoms with Crippen molar-refractivity contribution in [1.29, 1.82) is 0 Å². The van der Waals surface area contributed by atoms with E-state index in [0.717, 1.165) is 81.1 Å². The molecule has 1 fully saturated rings. The van der Waals surface area contributed by atoms with Gasteiger partial charge in [0.1, 0.15) is 35.9 Å². The Kier molecular flexibility index (Phi) is 10.9. The maximum Gasteiger partial charge on any atom is 0.407 e. The molecule has 4 rings (SSSR count). The van der Waals surface area contributed by atoms with Crippen LogP contribution in [-0.4, -0.2) is 84.2 Å². The van der Waals surface area contributed by atoms with Crippen LogP contribution in [0.3, 0.4) is 0 Å². The van der Waals surface area contributed by atoms with Crippen LogP contribution in [0.5, 0.6) is 0 Å². The SMILES string of the molecule is CCCCOCCOC(=O)N[C@@H](CNc1nc(C)nc(N2CCC(c3ccc4c(n3)NCCC4)CC2)c1C)C(=O)O. The van der Waals surface area contributed by atoms with Gasteiger partial charge < -0.3 is 35.4 Å². The lowest BCUT2D eigenvalue weighted by Crippen LogP contribution is -2.46. The minimum atomic E-state index is -1.20. The second-order valence-corrected chi connectivity index (χ2v) is 10.6. The number of fused-ring (bicyclic) bond motifs is 1. The van der Waals surface area contributed by atoms with Crippen LogP contribution in [0.25, 0.3) is 0 Å². The standard InChI is InChI=1S/C29H43N7O5/c1-4-5-15-40-16-17-41-29(39)35-24(28(37)38)18-31-25-19(2)27(33-20(3)32-25)36-13-10-21(11-14-36)23-9-8-22-7-6-12-30-26(22)34-23/h8-9,21,24H,4-7,10-18H2,1-3H3,(H,30,34)(H,35,39)(H,37,38)(H,31,32,33)/t24-/m0/s1. The normalized spacial score (nSPS) is 15.9. The summed E-state index contributed by atoms with van der Waals surface area (Å²) < 4.78 is 10.4. The first-order valence-corrected chi connectivity index (χ1v) is 14.7. The molecule has 0 radical (unpaired) electrons. The van der Waals surface area contributed by atoms with E-state index in [1.807, 2.05) is 13.8 Å². The number of hydrogen-bond donors (Lipinski definition) is 4. The molecule has 224 valence electrons. The summed E-state index contributed by atoms with van der Waals surface area (Å²) in [4.78, 5) is 40.3. The molecule has 41 heavy (non-hydrogen) atoms. The molecule has 2 aliphatic heterocycles. The van der Waals surface area contributed by atoms with Crippen LogP contribution in [0.1, 0.15) is 67.6 Å². The highest BCUT2D eigenvalue weighted by Crippen LogP contribution is 2.33. The monoisotopic (exact) mass is 569 g/mol. The van der Waals surface area contributed by atoms with E-state index >= 15 is 0 Å². The third kappa shape index (κ3) is 8.42. The molecule has 0 aromatic carbocycles. The minimum absolute atomic E-state index is 0.0546. The molecular weight excluding hydrogens is 526 g/mol. The molecule has 2 aliphatic rings. The van der Waals surface area contributed by atoms with Crippen LogP contribution in [0.4, 0.5) is 22.2 Å². The Morgan fingerprint density at radius 2 is 1.95 bits per heavy atom. The highest BCUT2D eigenvalue weighted by atomic mass is 16.6. The van der Waals surface area contributed by atoms with Crippen molar-refractivity contribution in [1.82, 2.24) is 20.3 Å². The zero-order valence-corrected chi connectivity index (χ0v) is 24.4. The lowest BCUT2D eigenvalue weighted by atomic mass is 9.92. The number of hydrogen-bond acceptors (Lipinski definition) is 10. The van der Waals surface area contributed by atoms with E-state index in [1.165, 1.54) is 5.56 Å². The molecule has 0 aliphatic carbocycles. The molecule has 0 unspecified atom stereocenters. The van der Waals surface area contributed by atoms with Crippen LogP contribution in [0, 0.1) is 13.8 Å². The van der Waals surface area contributed by atoms with Crippen molar-refractivity contribution in [2.24, 2.45) is 0 Å². The largest absolute Gasteiger partial charge is 0.480 e. The summed E-state index contributed by atoms with van der Waals surface area (Å²) in [5, 5.41) is 18.6. The zero-order chi connectivity index (χ0) is 29.2. The number of anilines is 3. The fraction of sp³-hybridized carbons (Fsp3) is 0.621. The molecule has 4 heterocycles. The molecule has 1 amide bonds. The molecule has 1 atom stereocenters. The Bertz CT molecular complexity index is 1190. The number of aryl methyl sites for hydroxylation is 2. The van der Waals surface area contributed by atoms with Gasteiger partial charge in [0.05, 0.1) is 6.61 Å². The summed E-state index contributed by atoms with van der Waals surface area (Å²) in [6.45, 7) is 9.32. The number of nitrogens with one attached hydrogen (secondary N) is 3. The summed E-state index contributed by atoms with van der Waals surface area (Å²) >= 11 is 0. The Labute approximate surface area is 241 Å². The number of ether oxygens (including phenoxy) is 2. The van der Waals surface area contributed by atoms with Crippen LogP contribution in [-0.2, 0) is 20.7 Å². The highest BCUT2D eigenvalue weighted by Gasteiger charge is 2.26. The van der Waals surface area contributed by atoms with Crippen molar-refractivity contribution in [3.63, 3.8) is 0 Å². The number of pyridine rings is 1. The molecule has 2 aromatic heterocycles. The van der Waals surface area contributed by atoms with E-state index in [0.29, 0.717) is 24.2 Å². The van der Waals surface area contributed by atoms with Crippen LogP contribution < -0.4 is 20.9 Å². The first-order valence-electron chi connectivity index (χ1n) is 14.7. The van der Waals surface area contributed by atoms with Gasteiger partial charge in [-0.3, -0.25) is 0 Å². The number of carbonyl (C=O) groups excluding carboxylic acids is 1. The lowest BCUT2D eigenvalue weighted by molar-refractivity contribution is -0.139. The van der Waals surface area contributed by atoms with Gasteiger partial charge in [-0.25, -0.2) is 24.5 Å². The van der Waals surface area contributed by atoms with Gasteiger partial charge in [-0.1, -0.05) is 19.4 Å². The molecule has 12 heteroatoms. The number of alkyl carbamates (subject to hydrolysis) is 1. The van der Waals surface area contributed by atoms with Crippen LogP contribution in [0.2, 0.25) is 0 Å². The Hall–Kier alpha value is -3.67. The van der Waals surface area contributed by atoms with E-state index in [-0.39, 0.29) is 19.8 Å². The molecule has 2 aromatic rings. The number of unbranched alkanes of at least 4 members (excludes halogenated alkanes) is 1. The predicted octanol–water partition coefficient (Wildman–Crippen LogP) is 3.64. The summed E-state index contributed by atoms with van der Waals surface area (Å²) in [6.07, 6.45) is 5.31. The average molecular weight is 570 g/mol. The zero-order valence-electron chi connectivity index (χ0n) is 24.4. The molecule has 4 N–H and O–H groups in total. The maximum absolute atomic E-state index is 12.1. The fourth-order valence-corrected chi connectivity index (χ4v) is 5.18. The van der Waals surface area contributed by atoms with Gasteiger partial charge >= 0.3 is 12.1 Å². The number of amides is 1. The molecule has 12 nitrogen and oxygen atoms in total. The number of carbonyl (C=O) groups is 2. The lowest BCUT2D eigenvalue weighted by Gasteiger charge is -2.34. The number of carboxylic acid groups (broad SMARTS) is 1. The number of aromatic nitrogens is 3. The quantitative estimate of drug-likeness (QED) is 0.262.